The van der Waals surface area contributed by atoms with Crippen molar-refractivity contribution in [3.8, 4) is 0 Å². The summed E-state index contributed by atoms with van der Waals surface area (Å²) < 4.78 is 11.0. The predicted octanol–water partition coefficient (Wildman–Crippen LogP) is 1.96. The van der Waals surface area contributed by atoms with Crippen molar-refractivity contribution < 1.29 is 9.47 Å². The number of aliphatic imine (C=N–C) groups is 1. The van der Waals surface area contributed by atoms with Gasteiger partial charge in [-0.2, -0.15) is 0 Å². The third kappa shape index (κ3) is 7.92. The highest BCUT2D eigenvalue weighted by atomic mass is 16.5. The zero-order valence-electron chi connectivity index (χ0n) is 16.3. The van der Waals surface area contributed by atoms with E-state index in [-0.39, 0.29) is 0 Å². The van der Waals surface area contributed by atoms with E-state index in [0.29, 0.717) is 6.10 Å². The zero-order valence-corrected chi connectivity index (χ0v) is 16.3. The first-order chi connectivity index (χ1) is 12.3. The van der Waals surface area contributed by atoms with E-state index < -0.39 is 0 Å². The van der Waals surface area contributed by atoms with Crippen molar-refractivity contribution in [3.05, 3.63) is 0 Å². The molecule has 0 unspecified atom stereocenters. The van der Waals surface area contributed by atoms with Crippen molar-refractivity contribution in [2.45, 2.75) is 51.0 Å². The number of hydrogen-bond donors (Lipinski definition) is 1. The van der Waals surface area contributed by atoms with Crippen LogP contribution in [-0.4, -0.2) is 88.5 Å². The molecule has 146 valence electrons. The van der Waals surface area contributed by atoms with Gasteiger partial charge in [-0.25, -0.2) is 0 Å². The van der Waals surface area contributed by atoms with Gasteiger partial charge in [-0.05, 0) is 64.6 Å². The molecule has 0 atom stereocenters. The number of nitrogens with zero attached hydrogens (tertiary/aromatic N) is 3. The van der Waals surface area contributed by atoms with Crippen LogP contribution in [0.15, 0.2) is 4.99 Å². The van der Waals surface area contributed by atoms with Crippen LogP contribution in [0.4, 0.5) is 0 Å². The Labute approximate surface area is 153 Å². The lowest BCUT2D eigenvalue weighted by atomic mass is 10.1. The molecule has 0 aromatic carbocycles. The number of piperidine rings is 1. The van der Waals surface area contributed by atoms with Crippen LogP contribution in [0, 0.1) is 0 Å². The minimum Gasteiger partial charge on any atom is -0.385 e. The summed E-state index contributed by atoms with van der Waals surface area (Å²) in [6.45, 7) is 8.54. The smallest absolute Gasteiger partial charge is 0.193 e. The summed E-state index contributed by atoms with van der Waals surface area (Å²) in [6, 6.07) is 0. The molecule has 0 aromatic rings. The predicted molar refractivity (Wildman–Crippen MR) is 103 cm³/mol. The molecule has 25 heavy (non-hydrogen) atoms. The van der Waals surface area contributed by atoms with Crippen LogP contribution >= 0.6 is 0 Å². The van der Waals surface area contributed by atoms with Crippen molar-refractivity contribution in [1.82, 2.24) is 15.1 Å². The van der Waals surface area contributed by atoms with Crippen LogP contribution in [0.5, 0.6) is 0 Å². The summed E-state index contributed by atoms with van der Waals surface area (Å²) in [5, 5.41) is 3.54. The lowest BCUT2D eigenvalue weighted by molar-refractivity contribution is 0.00991. The quantitative estimate of drug-likeness (QED) is 0.369. The number of nitrogens with one attached hydrogen (secondary N) is 1. The average molecular weight is 355 g/mol. The van der Waals surface area contributed by atoms with Crippen LogP contribution in [0.3, 0.4) is 0 Å². The monoisotopic (exact) mass is 354 g/mol. The first-order valence-electron chi connectivity index (χ1n) is 10.1. The molecule has 2 heterocycles. The van der Waals surface area contributed by atoms with Crippen molar-refractivity contribution in [2.24, 2.45) is 4.99 Å². The van der Waals surface area contributed by atoms with Crippen LogP contribution in [0.2, 0.25) is 0 Å². The second-order valence-corrected chi connectivity index (χ2v) is 7.13. The Morgan fingerprint density at radius 3 is 2.48 bits per heavy atom. The number of rotatable bonds is 10. The molecule has 0 spiro atoms. The van der Waals surface area contributed by atoms with Crippen LogP contribution in [-0.2, 0) is 9.47 Å². The molecule has 2 aliphatic rings. The maximum absolute atomic E-state index is 5.94. The van der Waals surface area contributed by atoms with Gasteiger partial charge in [0.25, 0.3) is 0 Å². The fraction of sp³-hybridized carbons (Fsp3) is 0.947. The first kappa shape index (κ1) is 20.5. The molecule has 2 fully saturated rings. The molecule has 0 aliphatic carbocycles. The Balaban J connectivity index is 1.53. The van der Waals surface area contributed by atoms with Crippen LogP contribution < -0.4 is 5.32 Å². The third-order valence-corrected chi connectivity index (χ3v) is 5.18. The van der Waals surface area contributed by atoms with E-state index in [1.54, 1.807) is 7.11 Å². The highest BCUT2D eigenvalue weighted by Crippen LogP contribution is 2.14. The topological polar surface area (TPSA) is 49.3 Å². The summed E-state index contributed by atoms with van der Waals surface area (Å²) in [5.41, 5.74) is 0. The number of methoxy groups -OCH3 is 1. The Bertz CT molecular complexity index is 364. The van der Waals surface area contributed by atoms with Crippen LogP contribution in [0.1, 0.15) is 44.9 Å². The normalized spacial score (nSPS) is 20.4. The van der Waals surface area contributed by atoms with Gasteiger partial charge < -0.3 is 24.6 Å². The van der Waals surface area contributed by atoms with Crippen molar-refractivity contribution in [1.29, 1.82) is 0 Å². The number of ether oxygens (including phenoxy) is 2. The first-order valence-corrected chi connectivity index (χ1v) is 10.1. The van der Waals surface area contributed by atoms with E-state index in [0.717, 1.165) is 58.1 Å². The fourth-order valence-corrected chi connectivity index (χ4v) is 3.69. The average Bonchev–Trinajstić information content (AvgIpc) is 3.16. The minimum atomic E-state index is 0.395. The summed E-state index contributed by atoms with van der Waals surface area (Å²) >= 11 is 0. The minimum absolute atomic E-state index is 0.395. The zero-order chi connectivity index (χ0) is 17.7. The number of guanidine groups is 1. The van der Waals surface area contributed by atoms with E-state index in [9.17, 15) is 0 Å². The van der Waals surface area contributed by atoms with Crippen molar-refractivity contribution in [3.63, 3.8) is 0 Å². The molecular weight excluding hydrogens is 316 g/mol. The molecule has 6 nitrogen and oxygen atoms in total. The van der Waals surface area contributed by atoms with Gasteiger partial charge in [0, 0.05) is 47.0 Å². The maximum Gasteiger partial charge on any atom is 0.193 e. The highest BCUT2D eigenvalue weighted by molar-refractivity contribution is 5.79. The second kappa shape index (κ2) is 12.5. The van der Waals surface area contributed by atoms with Crippen molar-refractivity contribution >= 4 is 5.96 Å². The van der Waals surface area contributed by atoms with Gasteiger partial charge in [0.15, 0.2) is 5.96 Å². The lowest BCUT2D eigenvalue weighted by Gasteiger charge is -2.34. The SMILES string of the molecule is CN=C(NCCCCN1CCCC1)N1CCC(OCCCOC)CC1. The molecule has 6 heteroatoms. The number of unbranched alkanes of at least 4 members (excludes halogenated alkanes) is 1. The number of hydrogen-bond acceptors (Lipinski definition) is 4. The maximum atomic E-state index is 5.94. The van der Waals surface area contributed by atoms with Gasteiger partial charge in [0.2, 0.25) is 0 Å². The molecule has 0 amide bonds. The summed E-state index contributed by atoms with van der Waals surface area (Å²) in [4.78, 5) is 9.42. The molecular formula is C19H38N4O2. The third-order valence-electron chi connectivity index (χ3n) is 5.18. The molecule has 1 N–H and O–H groups in total. The highest BCUT2D eigenvalue weighted by Gasteiger charge is 2.21. The van der Waals surface area contributed by atoms with Gasteiger partial charge in [-0.3, -0.25) is 4.99 Å². The molecule has 2 aliphatic heterocycles. The van der Waals surface area contributed by atoms with Crippen LogP contribution in [0.25, 0.3) is 0 Å². The van der Waals surface area contributed by atoms with E-state index in [2.05, 4.69) is 20.1 Å². The summed E-state index contributed by atoms with van der Waals surface area (Å²) in [6.07, 6.45) is 8.82. The van der Waals surface area contributed by atoms with Gasteiger partial charge >= 0.3 is 0 Å². The van der Waals surface area contributed by atoms with E-state index >= 15 is 0 Å². The van der Waals surface area contributed by atoms with E-state index in [1.807, 2.05) is 7.05 Å². The Morgan fingerprint density at radius 1 is 1.04 bits per heavy atom. The standard InChI is InChI=1S/C19H38N4O2/c1-20-19(21-10-3-4-11-22-12-5-6-13-22)23-14-8-18(9-15-23)25-17-7-16-24-2/h18H,3-17H2,1-2H3,(H,20,21). The Hall–Kier alpha value is -0.850. The molecule has 2 saturated heterocycles. The number of likely N-dealkylation sites (tertiary alicyclic amines) is 2. The fourth-order valence-electron chi connectivity index (χ4n) is 3.69. The summed E-state index contributed by atoms with van der Waals surface area (Å²) in [7, 11) is 3.63. The molecule has 2 rings (SSSR count). The summed E-state index contributed by atoms with van der Waals surface area (Å²) in [5.74, 6) is 1.05. The van der Waals surface area contributed by atoms with E-state index in [4.69, 9.17) is 9.47 Å². The molecule has 0 bridgehead atoms. The lowest BCUT2D eigenvalue weighted by Crippen LogP contribution is -2.47. The van der Waals surface area contributed by atoms with Gasteiger partial charge in [0.05, 0.1) is 6.10 Å². The second-order valence-electron chi connectivity index (χ2n) is 7.13. The largest absolute Gasteiger partial charge is 0.385 e. The van der Waals surface area contributed by atoms with Gasteiger partial charge in [-0.1, -0.05) is 0 Å². The van der Waals surface area contributed by atoms with Gasteiger partial charge in [-0.15, -0.1) is 0 Å². The van der Waals surface area contributed by atoms with E-state index in [1.165, 1.54) is 45.3 Å². The Kier molecular flexibility index (Phi) is 10.2. The molecule has 0 saturated carbocycles. The molecule has 0 aromatic heterocycles. The molecule has 0 radical (unpaired) electrons. The van der Waals surface area contributed by atoms with Gasteiger partial charge in [0.1, 0.15) is 0 Å². The van der Waals surface area contributed by atoms with Crippen molar-refractivity contribution in [2.75, 3.05) is 66.6 Å². The Morgan fingerprint density at radius 2 is 1.80 bits per heavy atom.